The van der Waals surface area contributed by atoms with Crippen LogP contribution in [0.2, 0.25) is 0 Å². The second kappa shape index (κ2) is 6.54. The van der Waals surface area contributed by atoms with E-state index < -0.39 is 12.7 Å². The molecule has 1 aromatic rings. The van der Waals surface area contributed by atoms with Crippen LogP contribution in [0, 0.1) is 5.82 Å². The van der Waals surface area contributed by atoms with Crippen molar-refractivity contribution in [2.24, 2.45) is 0 Å². The summed E-state index contributed by atoms with van der Waals surface area (Å²) in [6.45, 7) is 2.17. The van der Waals surface area contributed by atoms with Gasteiger partial charge in [0.15, 0.2) is 0 Å². The SMILES string of the molecule is Fc1ccc(CCN2CCN(CC(F)(F)F)CC2)cc1. The summed E-state index contributed by atoms with van der Waals surface area (Å²) in [6, 6.07) is 6.34. The summed E-state index contributed by atoms with van der Waals surface area (Å²) in [6.07, 6.45) is -3.32. The van der Waals surface area contributed by atoms with Crippen LogP contribution >= 0.6 is 0 Å². The third-order valence-electron chi connectivity index (χ3n) is 3.50. The van der Waals surface area contributed by atoms with E-state index in [0.29, 0.717) is 26.2 Å². The van der Waals surface area contributed by atoms with Gasteiger partial charge in [-0.05, 0) is 24.1 Å². The molecule has 6 heteroatoms. The molecule has 1 aromatic carbocycles. The van der Waals surface area contributed by atoms with E-state index in [0.717, 1.165) is 18.5 Å². The Bertz CT molecular complexity index is 408. The van der Waals surface area contributed by atoms with E-state index in [9.17, 15) is 17.6 Å². The van der Waals surface area contributed by atoms with Crippen molar-refractivity contribution in [2.45, 2.75) is 12.6 Å². The van der Waals surface area contributed by atoms with Crippen LogP contribution in [0.3, 0.4) is 0 Å². The monoisotopic (exact) mass is 290 g/mol. The van der Waals surface area contributed by atoms with E-state index in [1.54, 1.807) is 12.1 Å². The third-order valence-corrected chi connectivity index (χ3v) is 3.50. The lowest BCUT2D eigenvalue weighted by molar-refractivity contribution is -0.149. The van der Waals surface area contributed by atoms with Crippen molar-refractivity contribution in [2.75, 3.05) is 39.3 Å². The highest BCUT2D eigenvalue weighted by Gasteiger charge is 2.31. The summed E-state index contributed by atoms with van der Waals surface area (Å²) in [4.78, 5) is 3.59. The van der Waals surface area contributed by atoms with Crippen molar-refractivity contribution in [1.82, 2.24) is 9.80 Å². The molecule has 0 saturated carbocycles. The van der Waals surface area contributed by atoms with Gasteiger partial charge in [-0.15, -0.1) is 0 Å². The molecule has 0 aliphatic carbocycles. The fourth-order valence-electron chi connectivity index (χ4n) is 2.36. The highest BCUT2D eigenvalue weighted by atomic mass is 19.4. The predicted octanol–water partition coefficient (Wildman–Crippen LogP) is 2.55. The number of benzene rings is 1. The Balaban J connectivity index is 1.70. The smallest absolute Gasteiger partial charge is 0.300 e. The Morgan fingerprint density at radius 2 is 1.45 bits per heavy atom. The molecule has 0 radical (unpaired) electrons. The Morgan fingerprint density at radius 1 is 0.900 bits per heavy atom. The number of piperazine rings is 1. The van der Waals surface area contributed by atoms with Gasteiger partial charge in [-0.1, -0.05) is 12.1 Å². The average molecular weight is 290 g/mol. The molecule has 0 atom stereocenters. The zero-order valence-corrected chi connectivity index (χ0v) is 11.2. The van der Waals surface area contributed by atoms with Crippen molar-refractivity contribution in [3.8, 4) is 0 Å². The molecule has 2 rings (SSSR count). The molecule has 1 aliphatic rings. The van der Waals surface area contributed by atoms with Crippen molar-refractivity contribution >= 4 is 0 Å². The minimum atomic E-state index is -4.11. The van der Waals surface area contributed by atoms with Gasteiger partial charge in [0.2, 0.25) is 0 Å². The van der Waals surface area contributed by atoms with Gasteiger partial charge < -0.3 is 4.90 Å². The van der Waals surface area contributed by atoms with Crippen LogP contribution in [0.1, 0.15) is 5.56 Å². The lowest BCUT2D eigenvalue weighted by atomic mass is 10.1. The molecular formula is C14H18F4N2. The second-order valence-electron chi connectivity index (χ2n) is 5.11. The third kappa shape index (κ3) is 5.09. The molecule has 1 saturated heterocycles. The van der Waals surface area contributed by atoms with E-state index in [1.807, 2.05) is 0 Å². The first-order chi connectivity index (χ1) is 9.42. The molecule has 1 aliphatic heterocycles. The number of halogens is 4. The molecule has 0 bridgehead atoms. The molecule has 112 valence electrons. The average Bonchev–Trinajstić information content (AvgIpc) is 2.38. The van der Waals surface area contributed by atoms with E-state index in [-0.39, 0.29) is 5.82 Å². The molecule has 1 fully saturated rings. The second-order valence-corrected chi connectivity index (χ2v) is 5.11. The molecule has 0 amide bonds. The summed E-state index contributed by atoms with van der Waals surface area (Å²) in [5, 5.41) is 0. The van der Waals surface area contributed by atoms with Crippen LogP contribution in [0.25, 0.3) is 0 Å². The maximum Gasteiger partial charge on any atom is 0.401 e. The maximum absolute atomic E-state index is 12.8. The standard InChI is InChI=1S/C14H18F4N2/c15-13-3-1-12(2-4-13)5-6-19-7-9-20(10-8-19)11-14(16,17)18/h1-4H,5-11H2. The minimum Gasteiger partial charge on any atom is -0.300 e. The van der Waals surface area contributed by atoms with Crippen LogP contribution in [0.15, 0.2) is 24.3 Å². The van der Waals surface area contributed by atoms with Gasteiger partial charge in [-0.2, -0.15) is 13.2 Å². The Labute approximate surface area is 116 Å². The summed E-state index contributed by atoms with van der Waals surface area (Å²) in [5.41, 5.74) is 1.05. The largest absolute Gasteiger partial charge is 0.401 e. The topological polar surface area (TPSA) is 6.48 Å². The Kier molecular flexibility index (Phi) is 4.99. The predicted molar refractivity (Wildman–Crippen MR) is 69.0 cm³/mol. The van der Waals surface area contributed by atoms with Crippen LogP contribution < -0.4 is 0 Å². The van der Waals surface area contributed by atoms with E-state index in [2.05, 4.69) is 4.90 Å². The highest BCUT2D eigenvalue weighted by molar-refractivity contribution is 5.16. The lowest BCUT2D eigenvalue weighted by Crippen LogP contribution is -2.49. The van der Waals surface area contributed by atoms with Crippen LogP contribution in [-0.2, 0) is 6.42 Å². The molecule has 0 aromatic heterocycles. The van der Waals surface area contributed by atoms with Gasteiger partial charge in [0.1, 0.15) is 5.82 Å². The fourth-order valence-corrected chi connectivity index (χ4v) is 2.36. The van der Waals surface area contributed by atoms with Crippen molar-refractivity contribution in [3.63, 3.8) is 0 Å². The first-order valence-electron chi connectivity index (χ1n) is 6.68. The number of hydrogen-bond acceptors (Lipinski definition) is 2. The molecule has 20 heavy (non-hydrogen) atoms. The molecule has 0 spiro atoms. The summed E-state index contributed by atoms with van der Waals surface area (Å²) in [5.74, 6) is -0.255. The van der Waals surface area contributed by atoms with Crippen LogP contribution in [-0.4, -0.2) is 55.2 Å². The molecule has 1 heterocycles. The maximum atomic E-state index is 12.8. The first-order valence-corrected chi connectivity index (χ1v) is 6.68. The zero-order chi connectivity index (χ0) is 14.6. The van der Waals surface area contributed by atoms with Gasteiger partial charge >= 0.3 is 6.18 Å². The summed E-state index contributed by atoms with van der Waals surface area (Å²) >= 11 is 0. The number of nitrogens with zero attached hydrogens (tertiary/aromatic N) is 2. The quantitative estimate of drug-likeness (QED) is 0.786. The highest BCUT2D eigenvalue weighted by Crippen LogP contribution is 2.17. The number of hydrogen-bond donors (Lipinski definition) is 0. The first kappa shape index (κ1) is 15.3. The van der Waals surface area contributed by atoms with Gasteiger partial charge in [-0.25, -0.2) is 4.39 Å². The van der Waals surface area contributed by atoms with Gasteiger partial charge in [-0.3, -0.25) is 4.90 Å². The minimum absolute atomic E-state index is 0.255. The molecule has 2 nitrogen and oxygen atoms in total. The summed E-state index contributed by atoms with van der Waals surface area (Å²) in [7, 11) is 0. The van der Waals surface area contributed by atoms with E-state index in [1.165, 1.54) is 17.0 Å². The lowest BCUT2D eigenvalue weighted by Gasteiger charge is -2.34. The van der Waals surface area contributed by atoms with Crippen molar-refractivity contribution in [1.29, 1.82) is 0 Å². The zero-order valence-electron chi connectivity index (χ0n) is 11.2. The van der Waals surface area contributed by atoms with Gasteiger partial charge in [0.25, 0.3) is 0 Å². The van der Waals surface area contributed by atoms with Crippen LogP contribution in [0.4, 0.5) is 17.6 Å². The van der Waals surface area contributed by atoms with Gasteiger partial charge in [0.05, 0.1) is 6.54 Å². The Morgan fingerprint density at radius 3 is 2.00 bits per heavy atom. The molecule has 0 unspecified atom stereocenters. The number of alkyl halides is 3. The summed E-state index contributed by atoms with van der Waals surface area (Å²) < 4.78 is 49.5. The molecular weight excluding hydrogens is 272 g/mol. The Hall–Kier alpha value is -1.14. The van der Waals surface area contributed by atoms with Crippen molar-refractivity contribution in [3.05, 3.63) is 35.6 Å². The van der Waals surface area contributed by atoms with Gasteiger partial charge in [0, 0.05) is 32.7 Å². The normalized spacial score (nSPS) is 18.4. The number of rotatable bonds is 4. The molecule has 0 N–H and O–H groups in total. The van der Waals surface area contributed by atoms with Crippen molar-refractivity contribution < 1.29 is 17.6 Å². The van der Waals surface area contributed by atoms with E-state index >= 15 is 0 Å². The van der Waals surface area contributed by atoms with Crippen LogP contribution in [0.5, 0.6) is 0 Å². The fraction of sp³-hybridized carbons (Fsp3) is 0.571. The van der Waals surface area contributed by atoms with E-state index in [4.69, 9.17) is 0 Å².